The summed E-state index contributed by atoms with van der Waals surface area (Å²) >= 11 is 3.18. The van der Waals surface area contributed by atoms with Gasteiger partial charge < -0.3 is 9.64 Å². The number of nitrogens with zero attached hydrogens (tertiary/aromatic N) is 2. The molecule has 142 valence electrons. The van der Waals surface area contributed by atoms with Crippen molar-refractivity contribution in [1.29, 1.82) is 0 Å². The van der Waals surface area contributed by atoms with E-state index < -0.39 is 27.5 Å². The minimum absolute atomic E-state index is 0.0937. The van der Waals surface area contributed by atoms with Crippen molar-refractivity contribution in [3.63, 3.8) is 0 Å². The second-order valence-corrected chi connectivity index (χ2v) is 9.34. The van der Waals surface area contributed by atoms with Gasteiger partial charge in [0.1, 0.15) is 17.0 Å². The van der Waals surface area contributed by atoms with Crippen LogP contribution in [0.5, 0.6) is 0 Å². The molecule has 1 amide bonds. The minimum atomic E-state index is -3.97. The summed E-state index contributed by atoms with van der Waals surface area (Å²) in [7, 11) is -2.35. The molecule has 0 bridgehead atoms. The average molecular weight is 447 g/mol. The Bertz CT molecular complexity index is 919. The van der Waals surface area contributed by atoms with Gasteiger partial charge in [-0.05, 0) is 61.0 Å². The van der Waals surface area contributed by atoms with Crippen LogP contribution >= 0.6 is 15.9 Å². The van der Waals surface area contributed by atoms with Crippen LogP contribution in [0.25, 0.3) is 0 Å². The maximum atomic E-state index is 13.4. The van der Waals surface area contributed by atoms with E-state index >= 15 is 0 Å². The van der Waals surface area contributed by atoms with Crippen molar-refractivity contribution in [2.45, 2.75) is 37.8 Å². The molecule has 0 N–H and O–H groups in total. The number of amides is 1. The number of carbonyl (C=O) groups excluding carboxylic acids is 1. The van der Waals surface area contributed by atoms with Crippen LogP contribution < -0.4 is 0 Å². The van der Waals surface area contributed by atoms with Crippen LogP contribution in [-0.4, -0.2) is 36.0 Å². The third-order valence-corrected chi connectivity index (χ3v) is 6.31. The summed E-state index contributed by atoms with van der Waals surface area (Å²) in [6.07, 6.45) is 0.809. The molecular formula is C17H20BrFN2O4S. The number of rotatable bonds is 4. The molecule has 0 fully saturated rings. The highest BCUT2D eigenvalue weighted by atomic mass is 79.9. The molecule has 0 aliphatic carbocycles. The lowest BCUT2D eigenvalue weighted by Crippen LogP contribution is -2.42. The fraction of sp³-hybridized carbons (Fsp3) is 0.353. The normalized spacial score (nSPS) is 12.1. The molecule has 0 atom stereocenters. The summed E-state index contributed by atoms with van der Waals surface area (Å²) in [5, 5.41) is 0. The molecule has 0 aliphatic rings. The molecule has 2 rings (SSSR count). The summed E-state index contributed by atoms with van der Waals surface area (Å²) < 4.78 is 45.1. The molecule has 1 heterocycles. The number of ether oxygens (including phenoxy) is 1. The van der Waals surface area contributed by atoms with E-state index in [0.29, 0.717) is 5.56 Å². The zero-order valence-electron chi connectivity index (χ0n) is 14.9. The van der Waals surface area contributed by atoms with Crippen molar-refractivity contribution in [2.75, 3.05) is 7.05 Å². The molecule has 1 aromatic heterocycles. The van der Waals surface area contributed by atoms with Crippen LogP contribution in [0.1, 0.15) is 26.3 Å². The van der Waals surface area contributed by atoms with Gasteiger partial charge in [-0.1, -0.05) is 6.07 Å². The molecule has 0 unspecified atom stereocenters. The first-order valence-corrected chi connectivity index (χ1v) is 9.95. The van der Waals surface area contributed by atoms with Gasteiger partial charge in [0, 0.05) is 24.3 Å². The zero-order valence-corrected chi connectivity index (χ0v) is 17.3. The van der Waals surface area contributed by atoms with Crippen LogP contribution in [-0.2, 0) is 21.4 Å². The van der Waals surface area contributed by atoms with Crippen LogP contribution in [0, 0.1) is 5.82 Å². The van der Waals surface area contributed by atoms with Crippen molar-refractivity contribution in [1.82, 2.24) is 8.87 Å². The summed E-state index contributed by atoms with van der Waals surface area (Å²) in [6, 6.07) is 6.27. The smallest absolute Gasteiger partial charge is 0.410 e. The van der Waals surface area contributed by atoms with Crippen LogP contribution in [0.15, 0.2) is 46.0 Å². The predicted molar refractivity (Wildman–Crippen MR) is 98.8 cm³/mol. The Morgan fingerprint density at radius 1 is 1.31 bits per heavy atom. The Balaban J connectivity index is 2.20. The van der Waals surface area contributed by atoms with Gasteiger partial charge in [-0.2, -0.15) is 0 Å². The Labute approximate surface area is 160 Å². The van der Waals surface area contributed by atoms with Crippen LogP contribution in [0.2, 0.25) is 0 Å². The molecule has 6 nitrogen and oxygen atoms in total. The fourth-order valence-electron chi connectivity index (χ4n) is 1.99. The van der Waals surface area contributed by atoms with Gasteiger partial charge in [0.15, 0.2) is 0 Å². The highest BCUT2D eigenvalue weighted by Crippen LogP contribution is 2.24. The monoisotopic (exact) mass is 446 g/mol. The molecule has 0 radical (unpaired) electrons. The van der Waals surface area contributed by atoms with Crippen molar-refractivity contribution in [3.05, 3.63) is 52.5 Å². The molecule has 0 saturated carbocycles. The van der Waals surface area contributed by atoms with Gasteiger partial charge >= 0.3 is 6.09 Å². The lowest BCUT2D eigenvalue weighted by Gasteiger charge is -2.30. The Hall–Kier alpha value is -1.87. The second-order valence-electron chi connectivity index (χ2n) is 6.71. The molecule has 1 aromatic carbocycles. The third-order valence-electron chi connectivity index (χ3n) is 3.79. The van der Waals surface area contributed by atoms with Crippen molar-refractivity contribution in [3.8, 4) is 0 Å². The van der Waals surface area contributed by atoms with Crippen molar-refractivity contribution in [2.24, 2.45) is 0 Å². The van der Waals surface area contributed by atoms with Crippen molar-refractivity contribution < 1.29 is 22.3 Å². The standard InChI is InChI=1S/C17H20BrFN2O4S/c1-17(2,3)20(4)16(22)25-11-12-8-15(18)21(10-12)26(23,24)14-7-5-6-13(19)9-14/h5-10H,11H2,1-4H3. The number of hydrogen-bond acceptors (Lipinski definition) is 4. The molecular weight excluding hydrogens is 427 g/mol. The van der Waals surface area contributed by atoms with E-state index in [9.17, 15) is 17.6 Å². The average Bonchev–Trinajstić information content (AvgIpc) is 2.92. The van der Waals surface area contributed by atoms with Gasteiger partial charge in [0.2, 0.25) is 0 Å². The molecule has 0 saturated heterocycles. The first kappa shape index (κ1) is 20.4. The van der Waals surface area contributed by atoms with E-state index in [2.05, 4.69) is 15.9 Å². The van der Waals surface area contributed by atoms with E-state index in [4.69, 9.17) is 4.74 Å². The molecule has 2 aromatic rings. The summed E-state index contributed by atoms with van der Waals surface area (Å²) in [6.45, 7) is 5.51. The van der Waals surface area contributed by atoms with Crippen LogP contribution in [0.3, 0.4) is 0 Å². The number of benzene rings is 1. The van der Waals surface area contributed by atoms with E-state index in [1.165, 1.54) is 35.4 Å². The highest BCUT2D eigenvalue weighted by Gasteiger charge is 2.24. The minimum Gasteiger partial charge on any atom is -0.444 e. The lowest BCUT2D eigenvalue weighted by molar-refractivity contribution is 0.0759. The Morgan fingerprint density at radius 3 is 2.54 bits per heavy atom. The third kappa shape index (κ3) is 4.45. The summed E-state index contributed by atoms with van der Waals surface area (Å²) in [5.74, 6) is -0.645. The SMILES string of the molecule is CN(C(=O)OCc1cc(Br)n(S(=O)(=O)c2cccc(F)c2)c1)C(C)(C)C. The van der Waals surface area contributed by atoms with Crippen molar-refractivity contribution >= 4 is 32.0 Å². The Morgan fingerprint density at radius 2 is 1.96 bits per heavy atom. The van der Waals surface area contributed by atoms with Gasteiger partial charge in [0.05, 0.1) is 4.90 Å². The topological polar surface area (TPSA) is 68.6 Å². The molecule has 26 heavy (non-hydrogen) atoms. The summed E-state index contributed by atoms with van der Waals surface area (Å²) in [4.78, 5) is 13.3. The number of halogens is 2. The molecule has 0 aliphatic heterocycles. The maximum absolute atomic E-state index is 13.4. The number of hydrogen-bond donors (Lipinski definition) is 0. The van der Waals surface area contributed by atoms with Crippen LogP contribution in [0.4, 0.5) is 9.18 Å². The quantitative estimate of drug-likeness (QED) is 0.711. The molecule has 0 spiro atoms. The van der Waals surface area contributed by atoms with Gasteiger partial charge in [-0.25, -0.2) is 21.6 Å². The van der Waals surface area contributed by atoms with E-state index in [1.807, 2.05) is 20.8 Å². The Kier molecular flexibility index (Phi) is 5.82. The first-order valence-electron chi connectivity index (χ1n) is 7.71. The largest absolute Gasteiger partial charge is 0.444 e. The van der Waals surface area contributed by atoms with E-state index in [0.717, 1.165) is 10.0 Å². The summed E-state index contributed by atoms with van der Waals surface area (Å²) in [5.41, 5.74) is 0.0807. The molecule has 9 heteroatoms. The van der Waals surface area contributed by atoms with Gasteiger partial charge in [-0.15, -0.1) is 0 Å². The van der Waals surface area contributed by atoms with E-state index in [-0.39, 0.29) is 16.1 Å². The predicted octanol–water partition coefficient (Wildman–Crippen LogP) is 3.99. The number of carbonyl (C=O) groups is 1. The lowest BCUT2D eigenvalue weighted by atomic mass is 10.1. The number of aromatic nitrogens is 1. The first-order chi connectivity index (χ1) is 11.9. The second kappa shape index (κ2) is 7.40. The maximum Gasteiger partial charge on any atom is 0.410 e. The van der Waals surface area contributed by atoms with E-state index in [1.54, 1.807) is 7.05 Å². The van der Waals surface area contributed by atoms with Gasteiger partial charge in [0.25, 0.3) is 10.0 Å². The fourth-order valence-corrected chi connectivity index (χ4v) is 4.25. The van der Waals surface area contributed by atoms with Gasteiger partial charge in [-0.3, -0.25) is 0 Å². The zero-order chi connectivity index (χ0) is 19.7. The highest BCUT2D eigenvalue weighted by molar-refractivity contribution is 9.10.